The fourth-order valence-corrected chi connectivity index (χ4v) is 3.45. The Morgan fingerprint density at radius 1 is 1.18 bits per heavy atom. The Balaban J connectivity index is 1.89. The van der Waals surface area contributed by atoms with Gasteiger partial charge in [0.05, 0.1) is 11.4 Å². The summed E-state index contributed by atoms with van der Waals surface area (Å²) < 4.78 is 0. The first-order chi connectivity index (χ1) is 10.4. The van der Waals surface area contributed by atoms with Crippen LogP contribution >= 0.6 is 0 Å². The average Bonchev–Trinajstić information content (AvgIpc) is 2.96. The van der Waals surface area contributed by atoms with Crippen LogP contribution in [0.4, 0.5) is 11.4 Å². The lowest BCUT2D eigenvalue weighted by molar-refractivity contribution is 0.143. The monoisotopic (exact) mass is 303 g/mol. The van der Waals surface area contributed by atoms with Gasteiger partial charge in [-0.25, -0.2) is 0 Å². The summed E-state index contributed by atoms with van der Waals surface area (Å²) in [6, 6.07) is 6.66. The van der Waals surface area contributed by atoms with Crippen molar-refractivity contribution in [3.8, 4) is 0 Å². The van der Waals surface area contributed by atoms with E-state index >= 15 is 0 Å². The molecule has 0 unspecified atom stereocenters. The quantitative estimate of drug-likeness (QED) is 0.808. The summed E-state index contributed by atoms with van der Waals surface area (Å²) >= 11 is 0. The van der Waals surface area contributed by atoms with E-state index in [4.69, 9.17) is 5.73 Å². The highest BCUT2D eigenvalue weighted by atomic mass is 15.2. The molecule has 1 heterocycles. The molecule has 2 rings (SSSR count). The van der Waals surface area contributed by atoms with Gasteiger partial charge < -0.3 is 10.6 Å². The summed E-state index contributed by atoms with van der Waals surface area (Å²) in [4.78, 5) is 4.95. The van der Waals surface area contributed by atoms with E-state index in [2.05, 4.69) is 55.7 Å². The van der Waals surface area contributed by atoms with Gasteiger partial charge in [0.2, 0.25) is 0 Å². The summed E-state index contributed by atoms with van der Waals surface area (Å²) in [7, 11) is 0. The molecule has 0 amide bonds. The van der Waals surface area contributed by atoms with Gasteiger partial charge in [-0.3, -0.25) is 4.90 Å². The molecule has 3 nitrogen and oxygen atoms in total. The predicted octanol–water partition coefficient (Wildman–Crippen LogP) is 3.92. The summed E-state index contributed by atoms with van der Waals surface area (Å²) in [5.41, 5.74) is 10.1. The van der Waals surface area contributed by atoms with Gasteiger partial charge in [-0.05, 0) is 77.2 Å². The number of nitrogen functional groups attached to an aromatic ring is 1. The second-order valence-electron chi connectivity index (χ2n) is 7.44. The second-order valence-corrected chi connectivity index (χ2v) is 7.44. The first-order valence-electron chi connectivity index (χ1n) is 8.80. The molecule has 0 aliphatic carbocycles. The standard InChI is InChI=1S/C19H33N3/c1-5-22(19(2,3)4)14-8-9-16-10-11-18(17(20)15-16)21-12-6-7-13-21/h10-11,15H,5-9,12-14,20H2,1-4H3. The lowest BCUT2D eigenvalue weighted by Crippen LogP contribution is -2.41. The molecule has 0 atom stereocenters. The third-order valence-electron chi connectivity index (χ3n) is 4.76. The molecule has 22 heavy (non-hydrogen) atoms. The molecule has 0 spiro atoms. The number of hydrogen-bond donors (Lipinski definition) is 1. The van der Waals surface area contributed by atoms with E-state index in [0.717, 1.165) is 38.3 Å². The number of aryl methyl sites for hydroxylation is 1. The smallest absolute Gasteiger partial charge is 0.0600 e. The van der Waals surface area contributed by atoms with Crippen LogP contribution in [-0.4, -0.2) is 36.6 Å². The molecule has 0 radical (unpaired) electrons. The van der Waals surface area contributed by atoms with Crippen LogP contribution in [0.15, 0.2) is 18.2 Å². The minimum atomic E-state index is 0.257. The van der Waals surface area contributed by atoms with E-state index in [1.165, 1.54) is 30.5 Å². The van der Waals surface area contributed by atoms with Crippen LogP contribution < -0.4 is 10.6 Å². The topological polar surface area (TPSA) is 32.5 Å². The molecule has 124 valence electrons. The van der Waals surface area contributed by atoms with Gasteiger partial charge in [0.25, 0.3) is 0 Å². The first-order valence-corrected chi connectivity index (χ1v) is 8.80. The zero-order chi connectivity index (χ0) is 16.2. The van der Waals surface area contributed by atoms with Gasteiger partial charge >= 0.3 is 0 Å². The van der Waals surface area contributed by atoms with Gasteiger partial charge in [0.1, 0.15) is 0 Å². The molecular formula is C19H33N3. The summed E-state index contributed by atoms with van der Waals surface area (Å²) in [5, 5.41) is 0. The summed E-state index contributed by atoms with van der Waals surface area (Å²) in [6.07, 6.45) is 4.88. The Kier molecular flexibility index (Phi) is 5.74. The van der Waals surface area contributed by atoms with Crippen molar-refractivity contribution in [3.63, 3.8) is 0 Å². The van der Waals surface area contributed by atoms with Gasteiger partial charge in [-0.2, -0.15) is 0 Å². The fourth-order valence-electron chi connectivity index (χ4n) is 3.45. The number of rotatable bonds is 6. The van der Waals surface area contributed by atoms with E-state index in [0.29, 0.717) is 0 Å². The van der Waals surface area contributed by atoms with E-state index in [1.807, 2.05) is 0 Å². The van der Waals surface area contributed by atoms with Crippen molar-refractivity contribution in [2.24, 2.45) is 0 Å². The molecular weight excluding hydrogens is 270 g/mol. The van der Waals surface area contributed by atoms with Gasteiger partial charge in [0, 0.05) is 18.6 Å². The van der Waals surface area contributed by atoms with Crippen molar-refractivity contribution < 1.29 is 0 Å². The highest BCUT2D eigenvalue weighted by Gasteiger charge is 2.19. The number of benzene rings is 1. The highest BCUT2D eigenvalue weighted by molar-refractivity contribution is 5.68. The zero-order valence-electron chi connectivity index (χ0n) is 14.9. The first kappa shape index (κ1) is 17.1. The molecule has 3 heteroatoms. The van der Waals surface area contributed by atoms with Crippen molar-refractivity contribution >= 4 is 11.4 Å². The normalized spacial score (nSPS) is 15.8. The third-order valence-corrected chi connectivity index (χ3v) is 4.76. The molecule has 1 aromatic rings. The number of anilines is 2. The lowest BCUT2D eigenvalue weighted by Gasteiger charge is -2.34. The van der Waals surface area contributed by atoms with Crippen molar-refractivity contribution in [1.29, 1.82) is 0 Å². The average molecular weight is 303 g/mol. The van der Waals surface area contributed by atoms with E-state index < -0.39 is 0 Å². The van der Waals surface area contributed by atoms with Crippen LogP contribution in [-0.2, 0) is 6.42 Å². The van der Waals surface area contributed by atoms with Crippen LogP contribution in [0, 0.1) is 0 Å². The number of nitrogens with zero attached hydrogens (tertiary/aromatic N) is 2. The molecule has 1 aromatic carbocycles. The number of hydrogen-bond acceptors (Lipinski definition) is 3. The molecule has 1 saturated heterocycles. The molecule has 1 aliphatic rings. The fraction of sp³-hybridized carbons (Fsp3) is 0.684. The lowest BCUT2D eigenvalue weighted by atomic mass is 10.0. The van der Waals surface area contributed by atoms with Gasteiger partial charge in [-0.15, -0.1) is 0 Å². The molecule has 1 aliphatic heterocycles. The minimum absolute atomic E-state index is 0.257. The molecule has 2 N–H and O–H groups in total. The van der Waals surface area contributed by atoms with Gasteiger partial charge in [0.15, 0.2) is 0 Å². The van der Waals surface area contributed by atoms with Crippen molar-refractivity contribution in [2.45, 2.75) is 58.9 Å². The second kappa shape index (κ2) is 7.36. The van der Waals surface area contributed by atoms with Crippen molar-refractivity contribution in [2.75, 3.05) is 36.8 Å². The molecule has 0 bridgehead atoms. The highest BCUT2D eigenvalue weighted by Crippen LogP contribution is 2.28. The van der Waals surface area contributed by atoms with Gasteiger partial charge in [-0.1, -0.05) is 13.0 Å². The zero-order valence-corrected chi connectivity index (χ0v) is 14.9. The third kappa shape index (κ3) is 4.39. The number of nitrogens with two attached hydrogens (primary N) is 1. The summed E-state index contributed by atoms with van der Waals surface area (Å²) in [5.74, 6) is 0. The maximum atomic E-state index is 6.28. The van der Waals surface area contributed by atoms with Crippen molar-refractivity contribution in [3.05, 3.63) is 23.8 Å². The van der Waals surface area contributed by atoms with E-state index in [1.54, 1.807) is 0 Å². The Labute approximate surface area is 136 Å². The maximum Gasteiger partial charge on any atom is 0.0600 e. The molecule has 1 fully saturated rings. The molecule has 0 saturated carbocycles. The Bertz CT molecular complexity index is 470. The largest absolute Gasteiger partial charge is 0.397 e. The van der Waals surface area contributed by atoms with E-state index in [9.17, 15) is 0 Å². The predicted molar refractivity (Wildman–Crippen MR) is 97.6 cm³/mol. The van der Waals surface area contributed by atoms with Crippen LogP contribution in [0.1, 0.15) is 52.5 Å². The van der Waals surface area contributed by atoms with Crippen LogP contribution in [0.2, 0.25) is 0 Å². The molecule has 0 aromatic heterocycles. The van der Waals surface area contributed by atoms with Crippen LogP contribution in [0.25, 0.3) is 0 Å². The maximum absolute atomic E-state index is 6.28. The van der Waals surface area contributed by atoms with Crippen LogP contribution in [0.5, 0.6) is 0 Å². The van der Waals surface area contributed by atoms with Crippen molar-refractivity contribution in [1.82, 2.24) is 4.90 Å². The Morgan fingerprint density at radius 3 is 2.41 bits per heavy atom. The minimum Gasteiger partial charge on any atom is -0.397 e. The SMILES string of the molecule is CCN(CCCc1ccc(N2CCCC2)c(N)c1)C(C)(C)C. The Morgan fingerprint density at radius 2 is 1.86 bits per heavy atom. The van der Waals surface area contributed by atoms with E-state index in [-0.39, 0.29) is 5.54 Å². The Hall–Kier alpha value is -1.22. The van der Waals surface area contributed by atoms with Crippen LogP contribution in [0.3, 0.4) is 0 Å². The summed E-state index contributed by atoms with van der Waals surface area (Å²) in [6.45, 7) is 13.7.